The van der Waals surface area contributed by atoms with E-state index in [1.807, 2.05) is 24.3 Å². The maximum atomic E-state index is 13.8. The van der Waals surface area contributed by atoms with E-state index < -0.39 is 17.7 Å². The van der Waals surface area contributed by atoms with Gasteiger partial charge in [0.1, 0.15) is 11.6 Å². The topological polar surface area (TPSA) is 20.2 Å². The molecule has 0 saturated carbocycles. The predicted octanol–water partition coefficient (Wildman–Crippen LogP) is 3.65. The molecule has 0 aromatic heterocycles. The summed E-state index contributed by atoms with van der Waals surface area (Å²) in [6.45, 7) is 1.57. The molecule has 19 heavy (non-hydrogen) atoms. The van der Waals surface area contributed by atoms with Crippen LogP contribution in [0, 0.1) is 18.6 Å². The average Bonchev–Trinajstić information content (AvgIpc) is 2.35. The lowest BCUT2D eigenvalue weighted by Crippen LogP contribution is -2.24. The number of aryl methyl sites for hydroxylation is 1. The summed E-state index contributed by atoms with van der Waals surface area (Å²) in [5.74, 6) is -1.36. The van der Waals surface area contributed by atoms with Crippen LogP contribution < -0.4 is 0 Å². The molecule has 1 aliphatic carbocycles. The quantitative estimate of drug-likeness (QED) is 0.874. The third kappa shape index (κ3) is 1.94. The number of halogens is 2. The number of hydrogen-bond acceptors (Lipinski definition) is 1. The Morgan fingerprint density at radius 1 is 1.16 bits per heavy atom. The predicted molar refractivity (Wildman–Crippen MR) is 68.9 cm³/mol. The second-order valence-electron chi connectivity index (χ2n) is 5.08. The molecule has 3 rings (SSSR count). The highest BCUT2D eigenvalue weighted by molar-refractivity contribution is 5.43. The van der Waals surface area contributed by atoms with Gasteiger partial charge in [0.05, 0.1) is 6.10 Å². The molecule has 0 bridgehead atoms. The fourth-order valence-corrected chi connectivity index (χ4v) is 2.70. The van der Waals surface area contributed by atoms with Gasteiger partial charge in [0.25, 0.3) is 0 Å². The molecule has 2 unspecified atom stereocenters. The third-order valence-corrected chi connectivity index (χ3v) is 3.87. The second kappa shape index (κ2) is 4.42. The van der Waals surface area contributed by atoms with E-state index in [2.05, 4.69) is 0 Å². The van der Waals surface area contributed by atoms with Crippen LogP contribution in [0.3, 0.4) is 0 Å². The van der Waals surface area contributed by atoms with Crippen LogP contribution >= 0.6 is 0 Å². The zero-order chi connectivity index (χ0) is 13.6. The summed E-state index contributed by atoms with van der Waals surface area (Å²) in [5.41, 5.74) is 2.77. The van der Waals surface area contributed by atoms with Crippen molar-refractivity contribution in [2.24, 2.45) is 0 Å². The van der Waals surface area contributed by atoms with Gasteiger partial charge < -0.3 is 5.11 Å². The summed E-state index contributed by atoms with van der Waals surface area (Å²) in [5, 5.41) is 10.3. The van der Waals surface area contributed by atoms with Crippen LogP contribution in [-0.4, -0.2) is 5.11 Å². The molecule has 1 aliphatic rings. The lowest BCUT2D eigenvalue weighted by molar-refractivity contribution is 0.130. The first kappa shape index (κ1) is 12.3. The minimum absolute atomic E-state index is 0.101. The Hall–Kier alpha value is -1.74. The van der Waals surface area contributed by atoms with Crippen LogP contribution in [0.2, 0.25) is 0 Å². The lowest BCUT2D eigenvalue weighted by Gasteiger charge is -2.34. The molecule has 0 radical (unpaired) electrons. The van der Waals surface area contributed by atoms with Crippen molar-refractivity contribution in [3.8, 4) is 0 Å². The molecule has 1 nitrogen and oxygen atoms in total. The highest BCUT2D eigenvalue weighted by Crippen LogP contribution is 2.44. The first-order chi connectivity index (χ1) is 9.08. The summed E-state index contributed by atoms with van der Waals surface area (Å²) >= 11 is 0. The summed E-state index contributed by atoms with van der Waals surface area (Å²) in [6.07, 6.45) is -0.193. The van der Waals surface area contributed by atoms with Gasteiger partial charge in [0, 0.05) is 17.5 Å². The van der Waals surface area contributed by atoms with Crippen molar-refractivity contribution in [1.82, 2.24) is 0 Å². The van der Waals surface area contributed by atoms with Crippen molar-refractivity contribution in [2.75, 3.05) is 0 Å². The summed E-state index contributed by atoms with van der Waals surface area (Å²) in [6, 6.07) is 10.1. The van der Waals surface area contributed by atoms with Crippen molar-refractivity contribution in [1.29, 1.82) is 0 Å². The monoisotopic (exact) mass is 260 g/mol. The zero-order valence-electron chi connectivity index (χ0n) is 10.5. The number of fused-ring (bicyclic) bond motifs is 1. The number of hydrogen-bond donors (Lipinski definition) is 1. The van der Waals surface area contributed by atoms with E-state index in [9.17, 15) is 13.9 Å². The molecule has 2 aromatic carbocycles. The van der Waals surface area contributed by atoms with E-state index in [1.165, 1.54) is 11.6 Å². The molecule has 0 aliphatic heterocycles. The van der Waals surface area contributed by atoms with E-state index in [0.717, 1.165) is 18.1 Å². The molecule has 98 valence electrons. The van der Waals surface area contributed by atoms with Gasteiger partial charge in [-0.3, -0.25) is 0 Å². The molecular weight excluding hydrogens is 246 g/mol. The van der Waals surface area contributed by atoms with Gasteiger partial charge in [0.2, 0.25) is 0 Å². The molecule has 2 aromatic rings. The standard InChI is InChI=1S/C16H14F2O/c1-9-6-13(15(18)8-14(9)17)16(19)12-7-10-4-2-3-5-11(10)12/h2-6,8,12,16,19H,7H2,1H3. The number of rotatable bonds is 2. The Labute approximate surface area is 110 Å². The van der Waals surface area contributed by atoms with Crippen LogP contribution in [0.25, 0.3) is 0 Å². The molecule has 0 spiro atoms. The highest BCUT2D eigenvalue weighted by Gasteiger charge is 2.33. The maximum absolute atomic E-state index is 13.8. The highest BCUT2D eigenvalue weighted by atomic mass is 19.1. The minimum atomic E-state index is -0.922. The van der Waals surface area contributed by atoms with Gasteiger partial charge in [-0.1, -0.05) is 24.3 Å². The fourth-order valence-electron chi connectivity index (χ4n) is 2.70. The zero-order valence-corrected chi connectivity index (χ0v) is 10.5. The van der Waals surface area contributed by atoms with Crippen LogP contribution in [0.4, 0.5) is 8.78 Å². The molecule has 0 heterocycles. The largest absolute Gasteiger partial charge is 0.388 e. The summed E-state index contributed by atoms with van der Waals surface area (Å²) in [4.78, 5) is 0. The Morgan fingerprint density at radius 3 is 2.63 bits per heavy atom. The van der Waals surface area contributed by atoms with Gasteiger partial charge in [-0.15, -0.1) is 0 Å². The van der Waals surface area contributed by atoms with Crippen molar-refractivity contribution in [2.45, 2.75) is 25.4 Å². The van der Waals surface area contributed by atoms with Gasteiger partial charge in [0.15, 0.2) is 0 Å². The second-order valence-corrected chi connectivity index (χ2v) is 5.08. The Balaban J connectivity index is 1.94. The third-order valence-electron chi connectivity index (χ3n) is 3.87. The smallest absolute Gasteiger partial charge is 0.131 e. The number of aliphatic hydroxyl groups excluding tert-OH is 1. The van der Waals surface area contributed by atoms with Gasteiger partial charge in [-0.05, 0) is 36.1 Å². The first-order valence-corrected chi connectivity index (χ1v) is 6.29. The summed E-state index contributed by atoms with van der Waals surface area (Å²) in [7, 11) is 0. The Morgan fingerprint density at radius 2 is 1.89 bits per heavy atom. The van der Waals surface area contributed by atoms with Crippen molar-refractivity contribution in [3.63, 3.8) is 0 Å². The van der Waals surface area contributed by atoms with E-state index in [1.54, 1.807) is 6.92 Å². The van der Waals surface area contributed by atoms with Gasteiger partial charge in [-0.2, -0.15) is 0 Å². The molecule has 3 heteroatoms. The maximum Gasteiger partial charge on any atom is 0.131 e. The van der Waals surface area contributed by atoms with E-state index in [-0.39, 0.29) is 11.5 Å². The minimum Gasteiger partial charge on any atom is -0.388 e. The normalized spacial score (nSPS) is 18.6. The van der Waals surface area contributed by atoms with Crippen LogP contribution in [0.5, 0.6) is 0 Å². The van der Waals surface area contributed by atoms with E-state index in [0.29, 0.717) is 5.56 Å². The van der Waals surface area contributed by atoms with E-state index in [4.69, 9.17) is 0 Å². The summed E-state index contributed by atoms with van der Waals surface area (Å²) < 4.78 is 27.0. The van der Waals surface area contributed by atoms with E-state index >= 15 is 0 Å². The lowest BCUT2D eigenvalue weighted by atomic mass is 9.73. The SMILES string of the molecule is Cc1cc(C(O)C2Cc3ccccc32)c(F)cc1F. The van der Waals surface area contributed by atoms with Crippen LogP contribution in [0.1, 0.15) is 34.3 Å². The van der Waals surface area contributed by atoms with Crippen molar-refractivity contribution < 1.29 is 13.9 Å². The number of aliphatic hydroxyl groups is 1. The molecular formula is C16H14F2O. The van der Waals surface area contributed by atoms with Crippen LogP contribution in [-0.2, 0) is 6.42 Å². The molecule has 1 N–H and O–H groups in total. The van der Waals surface area contributed by atoms with Crippen LogP contribution in [0.15, 0.2) is 36.4 Å². The average molecular weight is 260 g/mol. The first-order valence-electron chi connectivity index (χ1n) is 6.29. The fraction of sp³-hybridized carbons (Fsp3) is 0.250. The molecule has 0 amide bonds. The van der Waals surface area contributed by atoms with Gasteiger partial charge >= 0.3 is 0 Å². The van der Waals surface area contributed by atoms with Gasteiger partial charge in [-0.25, -0.2) is 8.78 Å². The number of benzene rings is 2. The molecule has 0 saturated heterocycles. The molecule has 2 atom stereocenters. The Bertz CT molecular complexity index is 637. The van der Waals surface area contributed by atoms with Crippen molar-refractivity contribution >= 4 is 0 Å². The molecule has 0 fully saturated rings. The Kier molecular flexibility index (Phi) is 2.86. The van der Waals surface area contributed by atoms with Crippen molar-refractivity contribution in [3.05, 3.63) is 70.3 Å².